The minimum absolute atomic E-state index is 0.128. The van der Waals surface area contributed by atoms with Crippen LogP contribution in [0.3, 0.4) is 0 Å². The van der Waals surface area contributed by atoms with E-state index in [1.54, 1.807) is 66.4 Å². The lowest BCUT2D eigenvalue weighted by Gasteiger charge is -2.47. The highest BCUT2D eigenvalue weighted by Gasteiger charge is 2.67. The molecule has 4 amide bonds. The number of nitrogens with zero attached hydrogens (tertiary/aromatic N) is 4. The topological polar surface area (TPSA) is 172 Å². The number of amides is 4. The molecular formula is C44H40BClN4O9S. The van der Waals surface area contributed by atoms with Crippen molar-refractivity contribution < 1.29 is 43.8 Å². The number of rotatable bonds is 8. The van der Waals surface area contributed by atoms with Gasteiger partial charge in [-0.2, -0.15) is 5.10 Å². The fourth-order valence-corrected chi connectivity index (χ4v) is 11.3. The van der Waals surface area contributed by atoms with E-state index in [2.05, 4.69) is 0 Å². The number of halogens is 1. The molecule has 0 radical (unpaired) electrons. The van der Waals surface area contributed by atoms with E-state index >= 15 is 4.79 Å². The average Bonchev–Trinajstić information content (AvgIpc) is 3.90. The van der Waals surface area contributed by atoms with E-state index in [-0.39, 0.29) is 41.2 Å². The van der Waals surface area contributed by atoms with E-state index in [9.17, 15) is 29.5 Å². The molecule has 3 aromatic carbocycles. The highest BCUT2D eigenvalue weighted by Crippen LogP contribution is 2.61. The molecule has 9 rings (SSSR count). The van der Waals surface area contributed by atoms with Crippen molar-refractivity contribution in [2.24, 2.45) is 42.1 Å². The lowest BCUT2D eigenvalue weighted by molar-refractivity contribution is -0.132. The number of aromatic hydroxyl groups is 1. The molecule has 60 heavy (non-hydrogen) atoms. The molecule has 2 aromatic heterocycles. The van der Waals surface area contributed by atoms with Crippen molar-refractivity contribution in [1.82, 2.24) is 9.78 Å². The van der Waals surface area contributed by atoms with E-state index in [0.29, 0.717) is 22.1 Å². The number of phenolic OH excluding ortho intramolecular Hbond substituents is 1. The number of aromatic nitrogens is 2. The zero-order valence-corrected chi connectivity index (χ0v) is 34.8. The summed E-state index contributed by atoms with van der Waals surface area (Å²) in [6.45, 7) is 3.78. The van der Waals surface area contributed by atoms with Gasteiger partial charge in [0.25, 0.3) is 0 Å². The number of phenols is 1. The Morgan fingerprint density at radius 3 is 2.38 bits per heavy atom. The molecule has 1 saturated carbocycles. The summed E-state index contributed by atoms with van der Waals surface area (Å²) in [5.74, 6) is -4.96. The summed E-state index contributed by atoms with van der Waals surface area (Å²) in [6.07, 6.45) is 5.95. The van der Waals surface area contributed by atoms with Crippen LogP contribution in [0.1, 0.15) is 30.9 Å². The Labute approximate surface area is 354 Å². The molecule has 0 spiro atoms. The number of imide groups is 2. The Bertz CT molecular complexity index is 2720. The molecule has 16 heteroatoms. The Morgan fingerprint density at radius 1 is 0.950 bits per heavy atom. The first-order valence-corrected chi connectivity index (χ1v) is 20.7. The van der Waals surface area contributed by atoms with Crippen molar-refractivity contribution in [3.8, 4) is 27.8 Å². The number of allylic oxidation sites excluding steroid dienone is 3. The van der Waals surface area contributed by atoms with E-state index < -0.39 is 65.8 Å². The minimum Gasteiger partial charge on any atom is -0.502 e. The summed E-state index contributed by atoms with van der Waals surface area (Å²) in [4.78, 5) is 62.0. The first-order valence-electron chi connectivity index (χ1n) is 19.5. The van der Waals surface area contributed by atoms with Crippen LogP contribution in [0.5, 0.6) is 17.2 Å². The second-order valence-corrected chi connectivity index (χ2v) is 17.5. The first kappa shape index (κ1) is 39.7. The second-order valence-electron chi connectivity index (χ2n) is 16.0. The Morgan fingerprint density at radius 2 is 1.68 bits per heavy atom. The van der Waals surface area contributed by atoms with Crippen LogP contribution in [0.2, 0.25) is 5.02 Å². The monoisotopic (exact) mass is 846 g/mol. The predicted octanol–water partition coefficient (Wildman–Crippen LogP) is 5.65. The number of benzene rings is 3. The van der Waals surface area contributed by atoms with Crippen LogP contribution < -0.4 is 24.7 Å². The maximum Gasteiger partial charge on any atom is 0.488 e. The van der Waals surface area contributed by atoms with Crippen molar-refractivity contribution in [2.45, 2.75) is 26.7 Å². The Hall–Kier alpha value is -5.74. The third kappa shape index (κ3) is 5.85. The fraction of sp³-hybridized carbons (Fsp3) is 0.295. The summed E-state index contributed by atoms with van der Waals surface area (Å²) >= 11 is 7.87. The molecular weight excluding hydrogens is 807 g/mol. The third-order valence-electron chi connectivity index (χ3n) is 13.0. The minimum atomic E-state index is -1.80. The van der Waals surface area contributed by atoms with Crippen molar-refractivity contribution in [3.63, 3.8) is 0 Å². The highest BCUT2D eigenvalue weighted by molar-refractivity contribution is 7.22. The van der Waals surface area contributed by atoms with Crippen molar-refractivity contribution in [3.05, 3.63) is 94.5 Å². The number of aryl methyl sites for hydroxylation is 2. The number of ether oxygens (including phenoxy) is 2. The molecule has 2 aliphatic carbocycles. The summed E-state index contributed by atoms with van der Waals surface area (Å²) in [7, 11) is 2.74. The smallest absolute Gasteiger partial charge is 0.488 e. The average molecular weight is 847 g/mol. The summed E-state index contributed by atoms with van der Waals surface area (Å²) in [6, 6.07) is 16.7. The number of carbonyl (C=O) groups is 4. The van der Waals surface area contributed by atoms with Gasteiger partial charge in [0.2, 0.25) is 29.4 Å². The van der Waals surface area contributed by atoms with Gasteiger partial charge in [0.15, 0.2) is 11.5 Å². The van der Waals surface area contributed by atoms with Gasteiger partial charge < -0.3 is 24.6 Å². The molecule has 13 nitrogen and oxygen atoms in total. The maximum atomic E-state index is 15.2. The van der Waals surface area contributed by atoms with Crippen LogP contribution >= 0.6 is 22.9 Å². The highest BCUT2D eigenvalue weighted by atomic mass is 35.5. The lowest BCUT2D eigenvalue weighted by atomic mass is 9.52. The third-order valence-corrected chi connectivity index (χ3v) is 14.5. The SMILES string of the molecule is COc1cc(C=CC2C3=CCC4C(=O)N(c5cccc(B(O)O)c5)C(=O)C4C3CC3C(=O)N(c4cc(-c5sc6ccc(Cl)cc6c5C)nn4C)C(=O)C23C)cc(OC)c1O. The molecule has 4 heterocycles. The van der Waals surface area contributed by atoms with Gasteiger partial charge in [-0.3, -0.25) is 28.8 Å². The molecule has 4 aliphatic rings. The zero-order valence-electron chi connectivity index (χ0n) is 33.3. The molecule has 2 saturated heterocycles. The number of hydrogen-bond donors (Lipinski definition) is 3. The molecule has 0 bridgehead atoms. The van der Waals surface area contributed by atoms with Crippen LogP contribution in [0.25, 0.3) is 26.7 Å². The van der Waals surface area contributed by atoms with E-state index in [1.165, 1.54) is 31.3 Å². The molecule has 5 aromatic rings. The summed E-state index contributed by atoms with van der Waals surface area (Å²) < 4.78 is 13.4. The predicted molar refractivity (Wildman–Crippen MR) is 228 cm³/mol. The number of methoxy groups -OCH3 is 2. The van der Waals surface area contributed by atoms with Gasteiger partial charge >= 0.3 is 7.12 Å². The van der Waals surface area contributed by atoms with Crippen LogP contribution in [0, 0.1) is 41.9 Å². The van der Waals surface area contributed by atoms with Crippen LogP contribution in [0.15, 0.2) is 78.4 Å². The molecule has 306 valence electrons. The Balaban J connectivity index is 1.14. The zero-order chi connectivity index (χ0) is 42.5. The number of thiophene rings is 1. The van der Waals surface area contributed by atoms with Gasteiger partial charge in [0, 0.05) is 28.8 Å². The van der Waals surface area contributed by atoms with Gasteiger partial charge in [-0.1, -0.05) is 47.5 Å². The van der Waals surface area contributed by atoms with Gasteiger partial charge in [-0.05, 0) is 97.0 Å². The number of fused-ring (bicyclic) bond motifs is 5. The normalized spacial score (nSPS) is 24.9. The van der Waals surface area contributed by atoms with Crippen LogP contribution in [-0.2, 0) is 26.2 Å². The molecule has 3 fully saturated rings. The molecule has 3 N–H and O–H groups in total. The molecule has 6 atom stereocenters. The maximum absolute atomic E-state index is 15.2. The van der Waals surface area contributed by atoms with Crippen molar-refractivity contribution in [1.29, 1.82) is 0 Å². The molecule has 2 aliphatic heterocycles. The summed E-state index contributed by atoms with van der Waals surface area (Å²) in [5, 5.41) is 36.7. The van der Waals surface area contributed by atoms with Crippen LogP contribution in [-0.4, -0.2) is 69.9 Å². The number of anilines is 2. The second kappa shape index (κ2) is 14.5. The fourth-order valence-electron chi connectivity index (χ4n) is 9.95. The number of carbonyl (C=O) groups excluding carboxylic acids is 4. The lowest BCUT2D eigenvalue weighted by Crippen LogP contribution is -2.49. The van der Waals surface area contributed by atoms with Gasteiger partial charge in [0.05, 0.1) is 48.0 Å². The largest absolute Gasteiger partial charge is 0.502 e. The Kier molecular flexibility index (Phi) is 9.58. The standard InChI is InChI=1S/C44H40BClN4O9S/c1-21-28-18-24(46)10-14-35(28)60-39(21)32-20-36(48(3)47-32)50-41(53)31-19-29-26(11-12-27-37(29)42(54)49(40(27)52)25-8-6-7-23(17-25)45(56)57)30(44(31,2)43(50)55)13-9-22-15-33(58-4)38(51)34(16-22)59-5/h6-11,13-18,20,27,29-31,37,51,56-57H,12,19H2,1-5H3. The van der Waals surface area contributed by atoms with Gasteiger partial charge in [-0.15, -0.1) is 11.3 Å². The van der Waals surface area contributed by atoms with Gasteiger partial charge in [0.1, 0.15) is 11.5 Å². The number of hydrogen-bond acceptors (Lipinski definition) is 11. The van der Waals surface area contributed by atoms with E-state index in [1.807, 2.05) is 37.3 Å². The molecule has 6 unspecified atom stereocenters. The summed E-state index contributed by atoms with van der Waals surface area (Å²) in [5.41, 5.74) is 1.97. The van der Waals surface area contributed by atoms with Crippen LogP contribution in [0.4, 0.5) is 11.5 Å². The van der Waals surface area contributed by atoms with Crippen molar-refractivity contribution >= 4 is 86.8 Å². The van der Waals surface area contributed by atoms with Crippen molar-refractivity contribution in [2.75, 3.05) is 24.0 Å². The van der Waals surface area contributed by atoms with E-state index in [4.69, 9.17) is 26.2 Å². The van der Waals surface area contributed by atoms with Gasteiger partial charge in [-0.25, -0.2) is 4.90 Å². The van der Waals surface area contributed by atoms with E-state index in [0.717, 1.165) is 31.0 Å². The first-order chi connectivity index (χ1) is 28.7. The quantitative estimate of drug-likeness (QED) is 0.101.